The molecule has 19 heavy (non-hydrogen) atoms. The zero-order valence-corrected chi connectivity index (χ0v) is 10.7. The largest absolute Gasteiger partial charge is 0.497 e. The molecule has 2 aromatic rings. The number of hydrogen-bond acceptors (Lipinski definition) is 5. The summed E-state index contributed by atoms with van der Waals surface area (Å²) in [5.41, 5.74) is 7.23. The molecule has 0 aliphatic heterocycles. The van der Waals surface area contributed by atoms with Crippen molar-refractivity contribution in [3.8, 4) is 5.75 Å². The Kier molecular flexibility index (Phi) is 3.61. The molecule has 6 nitrogen and oxygen atoms in total. The van der Waals surface area contributed by atoms with E-state index in [0.717, 1.165) is 11.3 Å². The van der Waals surface area contributed by atoms with Crippen molar-refractivity contribution < 1.29 is 9.53 Å². The van der Waals surface area contributed by atoms with Crippen LogP contribution < -0.4 is 15.8 Å². The first-order chi connectivity index (χ1) is 9.10. The molecule has 2 rings (SSSR count). The molecule has 0 radical (unpaired) electrons. The summed E-state index contributed by atoms with van der Waals surface area (Å²) in [5, 5.41) is 10.1. The molecule has 0 aliphatic rings. The van der Waals surface area contributed by atoms with E-state index in [9.17, 15) is 4.79 Å². The molecule has 0 unspecified atom stereocenters. The third-order valence-corrected chi connectivity index (χ3v) is 2.60. The maximum atomic E-state index is 11.9. The lowest BCUT2D eigenvalue weighted by atomic mass is 10.2. The Morgan fingerprint density at radius 2 is 2.05 bits per heavy atom. The Hall–Kier alpha value is -2.63. The lowest BCUT2D eigenvalue weighted by molar-refractivity contribution is 0.102. The van der Waals surface area contributed by atoms with Crippen LogP contribution in [0.2, 0.25) is 0 Å². The van der Waals surface area contributed by atoms with Crippen LogP contribution in [0.15, 0.2) is 30.3 Å². The van der Waals surface area contributed by atoms with E-state index in [0.29, 0.717) is 5.69 Å². The number of carbonyl (C=O) groups is 1. The molecule has 0 saturated heterocycles. The molecule has 1 aromatic carbocycles. The van der Waals surface area contributed by atoms with Crippen LogP contribution in [0.5, 0.6) is 5.75 Å². The fourth-order valence-corrected chi connectivity index (χ4v) is 1.55. The number of nitrogens with two attached hydrogens (primary N) is 1. The topological polar surface area (TPSA) is 90.1 Å². The lowest BCUT2D eigenvalue weighted by Gasteiger charge is -2.09. The fourth-order valence-electron chi connectivity index (χ4n) is 1.55. The van der Waals surface area contributed by atoms with Crippen molar-refractivity contribution in [2.75, 3.05) is 18.2 Å². The predicted molar refractivity (Wildman–Crippen MR) is 72.1 cm³/mol. The molecule has 3 N–H and O–H groups in total. The van der Waals surface area contributed by atoms with Gasteiger partial charge in [-0.25, -0.2) is 0 Å². The molecule has 98 valence electrons. The Morgan fingerprint density at radius 3 is 2.63 bits per heavy atom. The van der Waals surface area contributed by atoms with E-state index < -0.39 is 0 Å². The van der Waals surface area contributed by atoms with Gasteiger partial charge in [0.25, 0.3) is 5.91 Å². The van der Waals surface area contributed by atoms with Gasteiger partial charge in [-0.1, -0.05) is 0 Å². The van der Waals surface area contributed by atoms with Gasteiger partial charge in [-0.2, -0.15) is 0 Å². The average Bonchev–Trinajstić information content (AvgIpc) is 2.41. The smallest absolute Gasteiger partial charge is 0.276 e. The highest BCUT2D eigenvalue weighted by Crippen LogP contribution is 2.21. The van der Waals surface area contributed by atoms with Crippen LogP contribution in [-0.4, -0.2) is 23.2 Å². The summed E-state index contributed by atoms with van der Waals surface area (Å²) >= 11 is 0. The Bertz CT molecular complexity index is 596. The number of ether oxygens (including phenoxy) is 1. The number of benzene rings is 1. The molecular formula is C13H14N4O2. The molecule has 0 spiro atoms. The van der Waals surface area contributed by atoms with E-state index in [2.05, 4.69) is 15.5 Å². The molecular weight excluding hydrogens is 244 g/mol. The number of anilines is 2. The fraction of sp³-hybridized carbons (Fsp3) is 0.154. The van der Waals surface area contributed by atoms with E-state index in [1.807, 2.05) is 13.0 Å². The number of rotatable bonds is 3. The number of aromatic nitrogens is 2. The van der Waals surface area contributed by atoms with Crippen molar-refractivity contribution in [3.05, 3.63) is 41.6 Å². The normalized spacial score (nSPS) is 10.0. The van der Waals surface area contributed by atoms with Gasteiger partial charge in [-0.3, -0.25) is 4.79 Å². The monoisotopic (exact) mass is 258 g/mol. The predicted octanol–water partition coefficient (Wildman–Crippen LogP) is 1.63. The minimum absolute atomic E-state index is 0.212. The van der Waals surface area contributed by atoms with Gasteiger partial charge in [-0.05, 0) is 42.8 Å². The molecule has 1 heterocycles. The van der Waals surface area contributed by atoms with Crippen LogP contribution in [0.1, 0.15) is 16.1 Å². The van der Waals surface area contributed by atoms with Crippen molar-refractivity contribution in [3.63, 3.8) is 0 Å². The number of amides is 1. The summed E-state index contributed by atoms with van der Waals surface area (Å²) < 4.78 is 5.10. The summed E-state index contributed by atoms with van der Waals surface area (Å²) in [5.74, 6) is 0.681. The van der Waals surface area contributed by atoms with Crippen LogP contribution in [0, 0.1) is 6.92 Å². The van der Waals surface area contributed by atoms with Gasteiger partial charge in [0.05, 0.1) is 7.11 Å². The third-order valence-electron chi connectivity index (χ3n) is 2.60. The third kappa shape index (κ3) is 2.98. The van der Waals surface area contributed by atoms with Crippen molar-refractivity contribution in [2.45, 2.75) is 6.92 Å². The van der Waals surface area contributed by atoms with Crippen LogP contribution in [0.25, 0.3) is 0 Å². The van der Waals surface area contributed by atoms with Crippen LogP contribution >= 0.6 is 0 Å². The van der Waals surface area contributed by atoms with Crippen molar-refractivity contribution in [1.82, 2.24) is 10.2 Å². The molecule has 0 aliphatic carbocycles. The van der Waals surface area contributed by atoms with Gasteiger partial charge < -0.3 is 15.8 Å². The second-order valence-electron chi connectivity index (χ2n) is 3.98. The lowest BCUT2D eigenvalue weighted by Crippen LogP contribution is -2.15. The summed E-state index contributed by atoms with van der Waals surface area (Å²) in [6.45, 7) is 1.88. The van der Waals surface area contributed by atoms with Crippen LogP contribution in [0.3, 0.4) is 0 Å². The summed E-state index contributed by atoms with van der Waals surface area (Å²) in [4.78, 5) is 11.9. The van der Waals surface area contributed by atoms with Gasteiger partial charge in [0, 0.05) is 5.69 Å². The maximum absolute atomic E-state index is 11.9. The number of carbonyl (C=O) groups excluding carboxylic acids is 1. The molecule has 0 atom stereocenters. The summed E-state index contributed by atoms with van der Waals surface area (Å²) in [6.07, 6.45) is 0. The average molecular weight is 258 g/mol. The summed E-state index contributed by atoms with van der Waals surface area (Å²) in [6, 6.07) is 8.44. The van der Waals surface area contributed by atoms with Crippen molar-refractivity contribution >= 4 is 17.4 Å². The maximum Gasteiger partial charge on any atom is 0.276 e. The van der Waals surface area contributed by atoms with Gasteiger partial charge in [-0.15, -0.1) is 10.2 Å². The van der Waals surface area contributed by atoms with E-state index in [1.54, 1.807) is 19.2 Å². The Labute approximate surface area is 110 Å². The van der Waals surface area contributed by atoms with E-state index in [4.69, 9.17) is 10.5 Å². The van der Waals surface area contributed by atoms with E-state index >= 15 is 0 Å². The minimum Gasteiger partial charge on any atom is -0.497 e. The van der Waals surface area contributed by atoms with Crippen LogP contribution in [-0.2, 0) is 0 Å². The second kappa shape index (κ2) is 5.34. The molecule has 0 saturated carbocycles. The highest BCUT2D eigenvalue weighted by Gasteiger charge is 2.10. The Balaban J connectivity index is 2.17. The first kappa shape index (κ1) is 12.8. The number of nitrogens with zero attached hydrogens (tertiary/aromatic N) is 2. The first-order valence-electron chi connectivity index (χ1n) is 5.65. The number of nitrogen functional groups attached to an aromatic ring is 1. The molecule has 6 heteroatoms. The zero-order valence-electron chi connectivity index (χ0n) is 10.7. The standard InChI is InChI=1S/C13H14N4O2/c1-8-7-9(19-2)3-4-10(8)15-13(18)11-5-6-12(14)17-16-11/h3-7H,1-2H3,(H2,14,17)(H,15,18). The van der Waals surface area contributed by atoms with Crippen LogP contribution in [0.4, 0.5) is 11.5 Å². The summed E-state index contributed by atoms with van der Waals surface area (Å²) in [7, 11) is 1.59. The Morgan fingerprint density at radius 1 is 1.26 bits per heavy atom. The van der Waals surface area contributed by atoms with Gasteiger partial charge in [0.1, 0.15) is 11.6 Å². The molecule has 1 amide bonds. The number of aryl methyl sites for hydroxylation is 1. The zero-order chi connectivity index (χ0) is 13.8. The highest BCUT2D eigenvalue weighted by molar-refractivity contribution is 6.03. The first-order valence-corrected chi connectivity index (χ1v) is 5.65. The second-order valence-corrected chi connectivity index (χ2v) is 3.98. The van der Waals surface area contributed by atoms with Gasteiger partial charge in [0.2, 0.25) is 0 Å². The number of methoxy groups -OCH3 is 1. The molecule has 1 aromatic heterocycles. The van der Waals surface area contributed by atoms with E-state index in [1.165, 1.54) is 12.1 Å². The van der Waals surface area contributed by atoms with Gasteiger partial charge >= 0.3 is 0 Å². The SMILES string of the molecule is COc1ccc(NC(=O)c2ccc(N)nn2)c(C)c1. The number of nitrogens with one attached hydrogen (secondary N) is 1. The highest BCUT2D eigenvalue weighted by atomic mass is 16.5. The van der Waals surface area contributed by atoms with Crippen molar-refractivity contribution in [2.24, 2.45) is 0 Å². The molecule has 0 bridgehead atoms. The molecule has 0 fully saturated rings. The quantitative estimate of drug-likeness (QED) is 0.873. The van der Waals surface area contributed by atoms with Crippen molar-refractivity contribution in [1.29, 1.82) is 0 Å². The number of hydrogen-bond donors (Lipinski definition) is 2. The minimum atomic E-state index is -0.333. The van der Waals surface area contributed by atoms with Gasteiger partial charge in [0.15, 0.2) is 5.69 Å². The van der Waals surface area contributed by atoms with E-state index in [-0.39, 0.29) is 17.4 Å².